The molecule has 3 rings (SSSR count). The number of carbonyl (C=O) groups is 3. The maximum atomic E-state index is 12.4. The minimum atomic E-state index is -0.386. The SMILES string of the molecule is CNC(=O)c1c(C)nc(SCC(=O)N2CCCC2=O)c(C#N)c1-c1ccco1. The number of pyridine rings is 1. The summed E-state index contributed by atoms with van der Waals surface area (Å²) in [6.45, 7) is 2.08. The molecule has 1 aliphatic rings. The summed E-state index contributed by atoms with van der Waals surface area (Å²) in [4.78, 5) is 42.1. The van der Waals surface area contributed by atoms with Crippen molar-refractivity contribution in [2.45, 2.75) is 24.8 Å². The van der Waals surface area contributed by atoms with Crippen LogP contribution in [-0.2, 0) is 9.59 Å². The van der Waals surface area contributed by atoms with Gasteiger partial charge < -0.3 is 9.73 Å². The molecule has 2 aromatic heterocycles. The largest absolute Gasteiger partial charge is 0.464 e. The summed E-state index contributed by atoms with van der Waals surface area (Å²) in [5, 5.41) is 12.6. The van der Waals surface area contributed by atoms with Crippen molar-refractivity contribution in [3.63, 3.8) is 0 Å². The molecule has 1 aliphatic heterocycles. The molecule has 3 heterocycles. The molecule has 1 N–H and O–H groups in total. The highest BCUT2D eigenvalue weighted by Gasteiger charge is 2.28. The molecule has 0 atom stereocenters. The fourth-order valence-electron chi connectivity index (χ4n) is 3.08. The molecule has 0 spiro atoms. The van der Waals surface area contributed by atoms with E-state index in [2.05, 4.69) is 16.4 Å². The Hall–Kier alpha value is -3.12. The topological polar surface area (TPSA) is 116 Å². The summed E-state index contributed by atoms with van der Waals surface area (Å²) in [5.74, 6) is -0.539. The van der Waals surface area contributed by atoms with Crippen LogP contribution in [0, 0.1) is 18.3 Å². The van der Waals surface area contributed by atoms with E-state index in [-0.39, 0.29) is 34.6 Å². The van der Waals surface area contributed by atoms with Crippen molar-refractivity contribution in [3.05, 3.63) is 35.2 Å². The second-order valence-electron chi connectivity index (χ2n) is 6.13. The number of hydrogen-bond donors (Lipinski definition) is 1. The summed E-state index contributed by atoms with van der Waals surface area (Å²) in [6.07, 6.45) is 2.50. The maximum absolute atomic E-state index is 12.4. The number of hydrogen-bond acceptors (Lipinski definition) is 7. The van der Waals surface area contributed by atoms with Crippen molar-refractivity contribution in [3.8, 4) is 17.4 Å². The van der Waals surface area contributed by atoms with Gasteiger partial charge in [0, 0.05) is 20.0 Å². The lowest BCUT2D eigenvalue weighted by Crippen LogP contribution is -2.33. The van der Waals surface area contributed by atoms with Gasteiger partial charge in [-0.1, -0.05) is 11.8 Å². The number of furan rings is 1. The smallest absolute Gasteiger partial charge is 0.253 e. The Morgan fingerprint density at radius 2 is 2.25 bits per heavy atom. The van der Waals surface area contributed by atoms with Gasteiger partial charge >= 0.3 is 0 Å². The molecule has 2 aromatic rings. The van der Waals surface area contributed by atoms with Gasteiger partial charge in [-0.15, -0.1) is 0 Å². The third kappa shape index (κ3) is 3.64. The van der Waals surface area contributed by atoms with Crippen LogP contribution in [0.5, 0.6) is 0 Å². The van der Waals surface area contributed by atoms with Crippen molar-refractivity contribution in [2.24, 2.45) is 0 Å². The molecule has 0 saturated carbocycles. The highest BCUT2D eigenvalue weighted by atomic mass is 32.2. The van der Waals surface area contributed by atoms with Gasteiger partial charge in [-0.2, -0.15) is 5.26 Å². The Morgan fingerprint density at radius 3 is 2.82 bits per heavy atom. The summed E-state index contributed by atoms with van der Waals surface area (Å²) >= 11 is 1.07. The van der Waals surface area contributed by atoms with Crippen molar-refractivity contribution >= 4 is 29.5 Å². The molecular weight excluding hydrogens is 380 g/mol. The number of aromatic nitrogens is 1. The van der Waals surface area contributed by atoms with Crippen LogP contribution in [0.4, 0.5) is 0 Å². The molecule has 0 radical (unpaired) electrons. The number of nitrogens with zero attached hydrogens (tertiary/aromatic N) is 3. The molecule has 28 heavy (non-hydrogen) atoms. The average molecular weight is 398 g/mol. The number of nitriles is 1. The van der Waals surface area contributed by atoms with Gasteiger partial charge in [0.25, 0.3) is 5.91 Å². The van der Waals surface area contributed by atoms with E-state index in [0.29, 0.717) is 41.4 Å². The first kappa shape index (κ1) is 19.6. The van der Waals surface area contributed by atoms with E-state index in [1.54, 1.807) is 19.1 Å². The third-order valence-electron chi connectivity index (χ3n) is 4.39. The average Bonchev–Trinajstić information content (AvgIpc) is 3.36. The summed E-state index contributed by atoms with van der Waals surface area (Å²) < 4.78 is 5.44. The van der Waals surface area contributed by atoms with Gasteiger partial charge in [-0.25, -0.2) is 4.98 Å². The Morgan fingerprint density at radius 1 is 1.46 bits per heavy atom. The molecule has 8 nitrogen and oxygen atoms in total. The van der Waals surface area contributed by atoms with Gasteiger partial charge in [0.15, 0.2) is 0 Å². The van der Waals surface area contributed by atoms with Crippen LogP contribution in [0.3, 0.4) is 0 Å². The summed E-state index contributed by atoms with van der Waals surface area (Å²) in [6, 6.07) is 5.41. The Kier molecular flexibility index (Phi) is 5.80. The Labute approximate surface area is 165 Å². The number of likely N-dealkylation sites (tertiary alicyclic amines) is 1. The molecule has 0 aliphatic carbocycles. The normalized spacial score (nSPS) is 13.5. The number of rotatable bonds is 5. The number of nitrogens with one attached hydrogen (secondary N) is 1. The molecule has 0 bridgehead atoms. The van der Waals surface area contributed by atoms with Crippen molar-refractivity contribution < 1.29 is 18.8 Å². The monoisotopic (exact) mass is 398 g/mol. The van der Waals surface area contributed by atoms with E-state index in [9.17, 15) is 19.6 Å². The van der Waals surface area contributed by atoms with Crippen molar-refractivity contribution in [1.82, 2.24) is 15.2 Å². The second kappa shape index (κ2) is 8.27. The second-order valence-corrected chi connectivity index (χ2v) is 7.09. The Bertz CT molecular complexity index is 979. The van der Waals surface area contributed by atoms with E-state index in [4.69, 9.17) is 4.42 Å². The number of thioether (sulfide) groups is 1. The van der Waals surface area contributed by atoms with E-state index in [1.807, 2.05) is 0 Å². The van der Waals surface area contributed by atoms with E-state index in [1.165, 1.54) is 18.2 Å². The predicted molar refractivity (Wildman–Crippen MR) is 101 cm³/mol. The number of carbonyl (C=O) groups excluding carboxylic acids is 3. The van der Waals surface area contributed by atoms with Gasteiger partial charge in [0.1, 0.15) is 16.9 Å². The van der Waals surface area contributed by atoms with Crippen molar-refractivity contribution in [1.29, 1.82) is 5.26 Å². The summed E-state index contributed by atoms with van der Waals surface area (Å²) in [5.41, 5.74) is 1.16. The van der Waals surface area contributed by atoms with E-state index >= 15 is 0 Å². The molecule has 1 saturated heterocycles. The van der Waals surface area contributed by atoms with E-state index < -0.39 is 0 Å². The highest BCUT2D eigenvalue weighted by Crippen LogP contribution is 2.35. The molecule has 0 aromatic carbocycles. The molecule has 3 amide bonds. The minimum Gasteiger partial charge on any atom is -0.464 e. The van der Waals surface area contributed by atoms with Crippen LogP contribution in [0.15, 0.2) is 27.8 Å². The third-order valence-corrected chi connectivity index (χ3v) is 5.35. The van der Waals surface area contributed by atoms with Gasteiger partial charge in [0.05, 0.1) is 34.4 Å². The predicted octanol–water partition coefficient (Wildman–Crippen LogP) is 2.12. The standard InChI is InChI=1S/C19H18N4O4S/c1-11-16(18(26)21-2)17(13-5-4-8-27-13)12(9-20)19(22-11)28-10-15(25)23-7-3-6-14(23)24/h4-5,8H,3,6-7,10H2,1-2H3,(H,21,26). The van der Waals surface area contributed by atoms with Crippen LogP contribution >= 0.6 is 11.8 Å². The highest BCUT2D eigenvalue weighted by molar-refractivity contribution is 8.00. The quantitative estimate of drug-likeness (QED) is 0.767. The fraction of sp³-hybridized carbons (Fsp3) is 0.316. The lowest BCUT2D eigenvalue weighted by atomic mass is 9.99. The first-order chi connectivity index (χ1) is 13.5. The van der Waals surface area contributed by atoms with Gasteiger partial charge in [0.2, 0.25) is 11.8 Å². The molecule has 0 unspecified atom stereocenters. The lowest BCUT2D eigenvalue weighted by Gasteiger charge is -2.16. The van der Waals surface area contributed by atoms with E-state index in [0.717, 1.165) is 11.8 Å². The van der Waals surface area contributed by atoms with Crippen LogP contribution in [0.1, 0.15) is 34.5 Å². The zero-order valence-corrected chi connectivity index (χ0v) is 16.3. The zero-order valence-electron chi connectivity index (χ0n) is 15.4. The van der Waals surface area contributed by atoms with Gasteiger partial charge in [-0.05, 0) is 25.5 Å². The Balaban J connectivity index is 2.00. The van der Waals surface area contributed by atoms with Crippen LogP contribution < -0.4 is 5.32 Å². The first-order valence-electron chi connectivity index (χ1n) is 8.64. The molecule has 9 heteroatoms. The zero-order chi connectivity index (χ0) is 20.3. The lowest BCUT2D eigenvalue weighted by molar-refractivity contribution is -0.140. The van der Waals surface area contributed by atoms with Crippen LogP contribution in [0.2, 0.25) is 0 Å². The number of imide groups is 1. The maximum Gasteiger partial charge on any atom is 0.253 e. The van der Waals surface area contributed by atoms with Crippen LogP contribution in [-0.4, -0.2) is 47.0 Å². The minimum absolute atomic E-state index is 0.0240. The van der Waals surface area contributed by atoms with Gasteiger partial charge in [-0.3, -0.25) is 19.3 Å². The molecular formula is C19H18N4O4S. The number of aryl methyl sites for hydroxylation is 1. The first-order valence-corrected chi connectivity index (χ1v) is 9.63. The van der Waals surface area contributed by atoms with Crippen molar-refractivity contribution in [2.75, 3.05) is 19.3 Å². The summed E-state index contributed by atoms with van der Waals surface area (Å²) in [7, 11) is 1.49. The number of amides is 3. The fourth-order valence-corrected chi connectivity index (χ4v) is 3.98. The van der Waals surface area contributed by atoms with Crippen LogP contribution in [0.25, 0.3) is 11.3 Å². The molecule has 1 fully saturated rings. The molecule has 144 valence electrons.